The van der Waals surface area contributed by atoms with Crippen LogP contribution in [-0.2, 0) is 4.79 Å². The van der Waals surface area contributed by atoms with Crippen LogP contribution in [0.2, 0.25) is 0 Å². The summed E-state index contributed by atoms with van der Waals surface area (Å²) in [7, 11) is 0. The predicted molar refractivity (Wildman–Crippen MR) is 55.2 cm³/mol. The Morgan fingerprint density at radius 1 is 1.43 bits per heavy atom. The standard InChI is InChI=1S/C10H21NO3/c1-3-11(6-4-5-7-12)8-9(2)10(13)14/h9,12H,3-8H2,1-2H3,(H,13,14). The van der Waals surface area contributed by atoms with E-state index in [0.29, 0.717) is 6.54 Å². The first kappa shape index (κ1) is 13.4. The van der Waals surface area contributed by atoms with Crippen LogP contribution in [0.5, 0.6) is 0 Å². The van der Waals surface area contributed by atoms with E-state index in [4.69, 9.17) is 10.2 Å². The van der Waals surface area contributed by atoms with E-state index >= 15 is 0 Å². The number of unbranched alkanes of at least 4 members (excludes halogenated alkanes) is 1. The van der Waals surface area contributed by atoms with Crippen molar-refractivity contribution >= 4 is 5.97 Å². The van der Waals surface area contributed by atoms with Crippen LogP contribution in [0.1, 0.15) is 26.7 Å². The summed E-state index contributed by atoms with van der Waals surface area (Å²) in [6.45, 7) is 6.28. The Balaban J connectivity index is 3.72. The molecule has 4 nitrogen and oxygen atoms in total. The average molecular weight is 203 g/mol. The number of carbonyl (C=O) groups is 1. The van der Waals surface area contributed by atoms with Crippen LogP contribution in [0.25, 0.3) is 0 Å². The van der Waals surface area contributed by atoms with Crippen molar-refractivity contribution in [2.75, 3.05) is 26.2 Å². The lowest BCUT2D eigenvalue weighted by molar-refractivity contribution is -0.141. The monoisotopic (exact) mass is 203 g/mol. The highest BCUT2D eigenvalue weighted by Gasteiger charge is 2.14. The van der Waals surface area contributed by atoms with Crippen molar-refractivity contribution in [3.8, 4) is 0 Å². The SMILES string of the molecule is CCN(CCCCO)CC(C)C(=O)O. The number of rotatable bonds is 8. The summed E-state index contributed by atoms with van der Waals surface area (Å²) in [5.41, 5.74) is 0. The zero-order valence-corrected chi connectivity index (χ0v) is 9.07. The van der Waals surface area contributed by atoms with E-state index in [0.717, 1.165) is 25.9 Å². The molecule has 0 aliphatic carbocycles. The first-order valence-corrected chi connectivity index (χ1v) is 5.17. The van der Waals surface area contributed by atoms with Gasteiger partial charge in [-0.15, -0.1) is 0 Å². The molecule has 0 aromatic carbocycles. The van der Waals surface area contributed by atoms with E-state index in [1.807, 2.05) is 6.92 Å². The maximum atomic E-state index is 10.6. The second-order valence-electron chi connectivity index (χ2n) is 3.56. The van der Waals surface area contributed by atoms with Crippen LogP contribution in [-0.4, -0.2) is 47.3 Å². The molecule has 0 spiro atoms. The summed E-state index contributed by atoms with van der Waals surface area (Å²) in [4.78, 5) is 12.7. The van der Waals surface area contributed by atoms with Crippen molar-refractivity contribution in [2.24, 2.45) is 5.92 Å². The summed E-state index contributed by atoms with van der Waals surface area (Å²) in [6.07, 6.45) is 1.72. The number of carboxylic acids is 1. The lowest BCUT2D eigenvalue weighted by atomic mass is 10.1. The van der Waals surface area contributed by atoms with Gasteiger partial charge in [0.15, 0.2) is 0 Å². The molecule has 0 amide bonds. The molecule has 0 fully saturated rings. The molecule has 0 bridgehead atoms. The zero-order chi connectivity index (χ0) is 11.0. The van der Waals surface area contributed by atoms with E-state index in [1.165, 1.54) is 0 Å². The molecule has 1 unspecified atom stereocenters. The van der Waals surface area contributed by atoms with E-state index in [-0.39, 0.29) is 12.5 Å². The first-order valence-electron chi connectivity index (χ1n) is 5.17. The molecule has 0 saturated heterocycles. The number of hydrogen-bond acceptors (Lipinski definition) is 3. The van der Waals surface area contributed by atoms with Gasteiger partial charge in [0.25, 0.3) is 0 Å². The molecular formula is C10H21NO3. The number of aliphatic hydroxyl groups is 1. The van der Waals surface area contributed by atoms with Crippen molar-refractivity contribution in [3.63, 3.8) is 0 Å². The third-order valence-corrected chi connectivity index (χ3v) is 2.28. The Bertz CT molecular complexity index is 161. The minimum absolute atomic E-state index is 0.214. The third kappa shape index (κ3) is 5.94. The fraction of sp³-hybridized carbons (Fsp3) is 0.900. The molecule has 1 atom stereocenters. The summed E-state index contributed by atoms with van der Waals surface area (Å²) >= 11 is 0. The molecule has 0 saturated carbocycles. The van der Waals surface area contributed by atoms with Crippen LogP contribution in [0, 0.1) is 5.92 Å². The van der Waals surface area contributed by atoms with Gasteiger partial charge >= 0.3 is 5.97 Å². The highest BCUT2D eigenvalue weighted by molar-refractivity contribution is 5.69. The van der Waals surface area contributed by atoms with Crippen molar-refractivity contribution in [1.29, 1.82) is 0 Å². The summed E-state index contributed by atoms with van der Waals surface area (Å²) in [6, 6.07) is 0. The molecule has 0 aliphatic heterocycles. The lowest BCUT2D eigenvalue weighted by Crippen LogP contribution is -2.32. The topological polar surface area (TPSA) is 60.8 Å². The Kier molecular flexibility index (Phi) is 7.42. The Morgan fingerprint density at radius 3 is 2.50 bits per heavy atom. The average Bonchev–Trinajstić information content (AvgIpc) is 2.16. The second-order valence-corrected chi connectivity index (χ2v) is 3.56. The van der Waals surface area contributed by atoms with Crippen molar-refractivity contribution in [2.45, 2.75) is 26.7 Å². The smallest absolute Gasteiger partial charge is 0.307 e. The van der Waals surface area contributed by atoms with Gasteiger partial charge in [-0.25, -0.2) is 0 Å². The van der Waals surface area contributed by atoms with Gasteiger partial charge in [-0.05, 0) is 25.9 Å². The van der Waals surface area contributed by atoms with Crippen LogP contribution >= 0.6 is 0 Å². The fourth-order valence-electron chi connectivity index (χ4n) is 1.29. The number of aliphatic hydroxyl groups excluding tert-OH is 1. The number of nitrogens with zero attached hydrogens (tertiary/aromatic N) is 1. The molecular weight excluding hydrogens is 182 g/mol. The molecule has 2 N–H and O–H groups in total. The number of carboxylic acid groups (broad SMARTS) is 1. The zero-order valence-electron chi connectivity index (χ0n) is 9.07. The van der Waals surface area contributed by atoms with E-state index < -0.39 is 5.97 Å². The van der Waals surface area contributed by atoms with Crippen LogP contribution in [0.15, 0.2) is 0 Å². The number of hydrogen-bond donors (Lipinski definition) is 2. The molecule has 0 heterocycles. The molecule has 0 radical (unpaired) electrons. The largest absolute Gasteiger partial charge is 0.481 e. The van der Waals surface area contributed by atoms with Gasteiger partial charge in [0.2, 0.25) is 0 Å². The van der Waals surface area contributed by atoms with Crippen LogP contribution < -0.4 is 0 Å². The molecule has 4 heteroatoms. The molecule has 84 valence electrons. The quantitative estimate of drug-likeness (QED) is 0.573. The highest BCUT2D eigenvalue weighted by atomic mass is 16.4. The van der Waals surface area contributed by atoms with Gasteiger partial charge in [0, 0.05) is 13.2 Å². The lowest BCUT2D eigenvalue weighted by Gasteiger charge is -2.22. The third-order valence-electron chi connectivity index (χ3n) is 2.28. The van der Waals surface area contributed by atoms with E-state index in [2.05, 4.69) is 4.90 Å². The fourth-order valence-corrected chi connectivity index (χ4v) is 1.29. The van der Waals surface area contributed by atoms with Crippen LogP contribution in [0.4, 0.5) is 0 Å². The Morgan fingerprint density at radius 2 is 2.07 bits per heavy atom. The number of aliphatic carboxylic acids is 1. The minimum atomic E-state index is -0.745. The van der Waals surface area contributed by atoms with Crippen molar-refractivity contribution < 1.29 is 15.0 Å². The summed E-state index contributed by atoms with van der Waals surface area (Å²) in [5.74, 6) is -1.06. The van der Waals surface area contributed by atoms with Gasteiger partial charge in [0.1, 0.15) is 0 Å². The maximum Gasteiger partial charge on any atom is 0.307 e. The predicted octanol–water partition coefficient (Wildman–Crippen LogP) is 0.802. The second kappa shape index (κ2) is 7.76. The minimum Gasteiger partial charge on any atom is -0.481 e. The molecule has 0 aromatic heterocycles. The molecule has 0 rings (SSSR count). The van der Waals surface area contributed by atoms with Crippen LogP contribution in [0.3, 0.4) is 0 Å². The Labute approximate surface area is 85.5 Å². The maximum absolute atomic E-state index is 10.6. The van der Waals surface area contributed by atoms with E-state index in [9.17, 15) is 4.79 Å². The van der Waals surface area contributed by atoms with Crippen molar-refractivity contribution in [3.05, 3.63) is 0 Å². The van der Waals surface area contributed by atoms with Gasteiger partial charge < -0.3 is 15.1 Å². The molecule has 0 aliphatic rings. The van der Waals surface area contributed by atoms with Gasteiger partial charge in [-0.3, -0.25) is 4.79 Å². The molecule has 14 heavy (non-hydrogen) atoms. The summed E-state index contributed by atoms with van der Waals surface area (Å²) in [5, 5.41) is 17.3. The van der Waals surface area contributed by atoms with Gasteiger partial charge in [0.05, 0.1) is 5.92 Å². The van der Waals surface area contributed by atoms with Gasteiger partial charge in [-0.2, -0.15) is 0 Å². The van der Waals surface area contributed by atoms with E-state index in [1.54, 1.807) is 6.92 Å². The Hall–Kier alpha value is -0.610. The highest BCUT2D eigenvalue weighted by Crippen LogP contribution is 2.02. The first-order chi connectivity index (χ1) is 6.61. The normalized spacial score (nSPS) is 13.1. The van der Waals surface area contributed by atoms with Gasteiger partial charge in [-0.1, -0.05) is 13.8 Å². The van der Waals surface area contributed by atoms with Crippen molar-refractivity contribution in [1.82, 2.24) is 4.90 Å². The summed E-state index contributed by atoms with van der Waals surface area (Å²) < 4.78 is 0. The molecule has 0 aromatic rings.